The second-order valence-corrected chi connectivity index (χ2v) is 4.33. The number of ketones is 1. The van der Waals surface area contributed by atoms with Crippen molar-refractivity contribution in [2.75, 3.05) is 0 Å². The minimum atomic E-state index is -0.891. The van der Waals surface area contributed by atoms with Crippen LogP contribution >= 0.6 is 0 Å². The lowest BCUT2D eigenvalue weighted by atomic mass is 10.0. The third-order valence-electron chi connectivity index (χ3n) is 3.15. The summed E-state index contributed by atoms with van der Waals surface area (Å²) in [5.74, 6) is -0.911. The molecule has 88 valence electrons. The van der Waals surface area contributed by atoms with E-state index in [9.17, 15) is 9.59 Å². The monoisotopic (exact) mass is 238 g/mol. The number of benzene rings is 2. The maximum atomic E-state index is 12.2. The van der Waals surface area contributed by atoms with Gasteiger partial charge >= 0.3 is 5.97 Å². The molecule has 3 rings (SSSR count). The number of carbonyl (C=O) groups excluding carboxylic acids is 1. The Balaban J connectivity index is 2.14. The van der Waals surface area contributed by atoms with Gasteiger partial charge in [0.25, 0.3) is 0 Å². The van der Waals surface area contributed by atoms with Crippen LogP contribution in [0.25, 0.3) is 11.1 Å². The molecule has 1 aliphatic rings. The Kier molecular flexibility index (Phi) is 2.27. The number of fused-ring (bicyclic) bond motifs is 3. The molecular weight excluding hydrogens is 228 g/mol. The largest absolute Gasteiger partial charge is 0.481 e. The maximum absolute atomic E-state index is 12.2. The zero-order valence-electron chi connectivity index (χ0n) is 9.51. The highest BCUT2D eigenvalue weighted by atomic mass is 16.4. The highest BCUT2D eigenvalue weighted by Crippen LogP contribution is 2.36. The van der Waals surface area contributed by atoms with Gasteiger partial charge < -0.3 is 5.11 Å². The van der Waals surface area contributed by atoms with Crippen LogP contribution in [0.1, 0.15) is 21.5 Å². The van der Waals surface area contributed by atoms with Crippen molar-refractivity contribution in [2.24, 2.45) is 0 Å². The highest BCUT2D eigenvalue weighted by Gasteiger charge is 2.26. The zero-order valence-corrected chi connectivity index (χ0v) is 9.51. The lowest BCUT2D eigenvalue weighted by Gasteiger charge is -2.02. The summed E-state index contributed by atoms with van der Waals surface area (Å²) in [7, 11) is 0. The van der Waals surface area contributed by atoms with E-state index in [-0.39, 0.29) is 12.2 Å². The Morgan fingerprint density at radius 1 is 0.944 bits per heavy atom. The van der Waals surface area contributed by atoms with Crippen LogP contribution in [0.2, 0.25) is 0 Å². The molecule has 0 atom stereocenters. The quantitative estimate of drug-likeness (QED) is 0.746. The summed E-state index contributed by atoms with van der Waals surface area (Å²) in [5, 5.41) is 8.77. The number of hydrogen-bond donors (Lipinski definition) is 1. The van der Waals surface area contributed by atoms with Gasteiger partial charge in [0, 0.05) is 11.1 Å². The van der Waals surface area contributed by atoms with Crippen molar-refractivity contribution in [1.29, 1.82) is 0 Å². The minimum Gasteiger partial charge on any atom is -0.481 e. The first-order chi connectivity index (χ1) is 8.66. The smallest absolute Gasteiger partial charge is 0.307 e. The molecule has 0 fully saturated rings. The number of aliphatic carboxylic acids is 1. The number of hydrogen-bond acceptors (Lipinski definition) is 2. The second-order valence-electron chi connectivity index (χ2n) is 4.33. The highest BCUT2D eigenvalue weighted by molar-refractivity contribution is 6.21. The van der Waals surface area contributed by atoms with Gasteiger partial charge in [-0.15, -0.1) is 0 Å². The van der Waals surface area contributed by atoms with E-state index in [1.54, 1.807) is 18.2 Å². The molecule has 2 aromatic carbocycles. The normalized spacial score (nSPS) is 12.1. The molecule has 3 nitrogen and oxygen atoms in total. The summed E-state index contributed by atoms with van der Waals surface area (Å²) in [6.45, 7) is 0. The van der Waals surface area contributed by atoms with E-state index in [1.807, 2.05) is 24.3 Å². The third kappa shape index (κ3) is 1.52. The molecular formula is C15H10O3. The van der Waals surface area contributed by atoms with Crippen LogP contribution in [0, 0.1) is 0 Å². The number of carboxylic acid groups (broad SMARTS) is 1. The van der Waals surface area contributed by atoms with Crippen LogP contribution < -0.4 is 0 Å². The van der Waals surface area contributed by atoms with Gasteiger partial charge in [-0.05, 0) is 22.8 Å². The van der Waals surface area contributed by atoms with Gasteiger partial charge in [0.2, 0.25) is 0 Å². The van der Waals surface area contributed by atoms with E-state index in [0.29, 0.717) is 16.7 Å². The summed E-state index contributed by atoms with van der Waals surface area (Å²) in [6.07, 6.45) is -0.0586. The first-order valence-corrected chi connectivity index (χ1v) is 5.65. The van der Waals surface area contributed by atoms with E-state index >= 15 is 0 Å². The molecule has 3 heteroatoms. The molecule has 0 aromatic heterocycles. The summed E-state index contributed by atoms with van der Waals surface area (Å²) in [5.41, 5.74) is 3.78. The standard InChI is InChI=1S/C15H10O3/c16-14(17)8-9-5-6-11-10-3-1-2-4-12(10)15(18)13(11)7-9/h1-7H,8H2,(H,16,17). The van der Waals surface area contributed by atoms with E-state index in [4.69, 9.17) is 5.11 Å². The maximum Gasteiger partial charge on any atom is 0.307 e. The second kappa shape index (κ2) is 3.81. The Morgan fingerprint density at radius 3 is 2.33 bits per heavy atom. The first-order valence-electron chi connectivity index (χ1n) is 5.65. The minimum absolute atomic E-state index is 0.0205. The van der Waals surface area contributed by atoms with Gasteiger partial charge in [-0.3, -0.25) is 9.59 Å². The van der Waals surface area contributed by atoms with Crippen LogP contribution in [0.5, 0.6) is 0 Å². The Hall–Kier alpha value is -2.42. The molecule has 0 saturated heterocycles. The lowest BCUT2D eigenvalue weighted by Crippen LogP contribution is -2.02. The molecule has 18 heavy (non-hydrogen) atoms. The molecule has 1 N–H and O–H groups in total. The van der Waals surface area contributed by atoms with Gasteiger partial charge in [-0.1, -0.05) is 36.4 Å². The Bertz CT molecular complexity index is 671. The Morgan fingerprint density at radius 2 is 1.61 bits per heavy atom. The molecule has 0 aliphatic heterocycles. The van der Waals surface area contributed by atoms with Crippen molar-refractivity contribution < 1.29 is 14.7 Å². The average molecular weight is 238 g/mol. The van der Waals surface area contributed by atoms with E-state index < -0.39 is 5.97 Å². The van der Waals surface area contributed by atoms with Crippen LogP contribution in [-0.2, 0) is 11.2 Å². The number of rotatable bonds is 2. The van der Waals surface area contributed by atoms with Crippen molar-refractivity contribution in [3.05, 3.63) is 59.2 Å². The number of carboxylic acids is 1. The molecule has 2 aromatic rings. The van der Waals surface area contributed by atoms with Crippen molar-refractivity contribution in [3.63, 3.8) is 0 Å². The molecule has 0 unspecified atom stereocenters. The summed E-state index contributed by atoms with van der Waals surface area (Å²) in [6, 6.07) is 12.7. The molecule has 0 radical (unpaired) electrons. The summed E-state index contributed by atoms with van der Waals surface area (Å²) in [4.78, 5) is 22.9. The van der Waals surface area contributed by atoms with E-state index in [0.717, 1.165) is 11.1 Å². The van der Waals surface area contributed by atoms with Gasteiger partial charge in [0.05, 0.1) is 6.42 Å². The van der Waals surface area contributed by atoms with E-state index in [1.165, 1.54) is 0 Å². The molecule has 0 spiro atoms. The molecule has 0 saturated carbocycles. The Labute approximate surface area is 104 Å². The summed E-state index contributed by atoms with van der Waals surface area (Å²) >= 11 is 0. The molecule has 0 bridgehead atoms. The SMILES string of the molecule is O=C(O)Cc1ccc2c(c1)C(=O)c1ccccc1-2. The fourth-order valence-corrected chi connectivity index (χ4v) is 2.36. The van der Waals surface area contributed by atoms with Gasteiger partial charge in [0.1, 0.15) is 0 Å². The lowest BCUT2D eigenvalue weighted by molar-refractivity contribution is -0.136. The van der Waals surface area contributed by atoms with Crippen LogP contribution in [0.15, 0.2) is 42.5 Å². The molecule has 0 heterocycles. The summed E-state index contributed by atoms with van der Waals surface area (Å²) < 4.78 is 0. The third-order valence-corrected chi connectivity index (χ3v) is 3.15. The van der Waals surface area contributed by atoms with Gasteiger partial charge in [-0.2, -0.15) is 0 Å². The average Bonchev–Trinajstić information content (AvgIpc) is 2.63. The van der Waals surface area contributed by atoms with E-state index in [2.05, 4.69) is 0 Å². The fourth-order valence-electron chi connectivity index (χ4n) is 2.36. The van der Waals surface area contributed by atoms with Gasteiger partial charge in [0.15, 0.2) is 5.78 Å². The van der Waals surface area contributed by atoms with Crippen molar-refractivity contribution >= 4 is 11.8 Å². The zero-order chi connectivity index (χ0) is 12.7. The van der Waals surface area contributed by atoms with Crippen LogP contribution in [-0.4, -0.2) is 16.9 Å². The van der Waals surface area contributed by atoms with Crippen molar-refractivity contribution in [3.8, 4) is 11.1 Å². The van der Waals surface area contributed by atoms with Crippen LogP contribution in [0.4, 0.5) is 0 Å². The topological polar surface area (TPSA) is 54.4 Å². The van der Waals surface area contributed by atoms with Gasteiger partial charge in [-0.25, -0.2) is 0 Å². The predicted molar refractivity (Wildman–Crippen MR) is 66.7 cm³/mol. The van der Waals surface area contributed by atoms with Crippen molar-refractivity contribution in [1.82, 2.24) is 0 Å². The molecule has 0 amide bonds. The molecule has 1 aliphatic carbocycles. The fraction of sp³-hybridized carbons (Fsp3) is 0.0667. The number of carbonyl (C=O) groups is 2. The first kappa shape index (κ1) is 10.7. The predicted octanol–water partition coefficient (Wildman–Crippen LogP) is 2.53. The van der Waals surface area contributed by atoms with Crippen LogP contribution in [0.3, 0.4) is 0 Å². The van der Waals surface area contributed by atoms with Crippen molar-refractivity contribution in [2.45, 2.75) is 6.42 Å².